The molecular weight excluding hydrogens is 263 g/mol. The first-order valence-electron chi connectivity index (χ1n) is 5.88. The van der Waals surface area contributed by atoms with Gasteiger partial charge in [-0.15, -0.1) is 11.6 Å². The van der Waals surface area contributed by atoms with E-state index in [1.807, 2.05) is 31.2 Å². The summed E-state index contributed by atoms with van der Waals surface area (Å²) >= 11 is 11.4. The molecule has 0 atom stereocenters. The maximum atomic E-state index is 5.81. The molecule has 0 aliphatic carbocycles. The Morgan fingerprint density at radius 2 is 1.61 bits per heavy atom. The Morgan fingerprint density at radius 1 is 0.944 bits per heavy atom. The lowest BCUT2D eigenvalue weighted by Crippen LogP contribution is -1.78. The zero-order valence-corrected chi connectivity index (χ0v) is 12.5. The van der Waals surface area contributed by atoms with Crippen LogP contribution in [0, 0.1) is 20.8 Å². The fraction of sp³-hybridized carbons (Fsp3) is 0.250. The van der Waals surface area contributed by atoms with Crippen LogP contribution in [0.3, 0.4) is 0 Å². The molecule has 2 aromatic carbocycles. The van der Waals surface area contributed by atoms with Crippen molar-refractivity contribution in [3.8, 4) is 0 Å². The highest BCUT2D eigenvalue weighted by molar-refractivity contribution is 6.31. The topological polar surface area (TPSA) is 0 Å². The van der Waals surface area contributed by atoms with Crippen molar-refractivity contribution in [3.05, 3.63) is 69.7 Å². The molecule has 0 unspecified atom stereocenters. The van der Waals surface area contributed by atoms with Gasteiger partial charge in [0.15, 0.2) is 0 Å². The maximum Gasteiger partial charge on any atom is 0.0474 e. The van der Waals surface area contributed by atoms with Gasteiger partial charge in [-0.2, -0.15) is 0 Å². The number of aryl methyl sites for hydroxylation is 2. The number of halogens is 2. The van der Waals surface area contributed by atoms with Crippen molar-refractivity contribution >= 4 is 23.2 Å². The standard InChI is InChI=1S/2C8H9Cl/c1-6-4-3-5-8(9)7(6)2;1-7-3-2-4-8(5-7)6-9/h3-5H,1-2H3;2-5H,6H2,1H3. The highest BCUT2D eigenvalue weighted by Gasteiger charge is 1.94. The van der Waals surface area contributed by atoms with Crippen LogP contribution in [-0.4, -0.2) is 0 Å². The molecule has 96 valence electrons. The van der Waals surface area contributed by atoms with Crippen LogP contribution in [0.4, 0.5) is 0 Å². The average molecular weight is 281 g/mol. The van der Waals surface area contributed by atoms with Gasteiger partial charge < -0.3 is 0 Å². The third kappa shape index (κ3) is 4.72. The molecule has 0 amide bonds. The summed E-state index contributed by atoms with van der Waals surface area (Å²) in [6.45, 7) is 6.15. The van der Waals surface area contributed by atoms with Gasteiger partial charge in [0, 0.05) is 10.9 Å². The first kappa shape index (κ1) is 15.1. The minimum absolute atomic E-state index is 0.613. The first-order chi connectivity index (χ1) is 8.54. The number of rotatable bonds is 1. The molecule has 2 aromatic rings. The Bertz CT molecular complexity index is 484. The number of hydrogen-bond donors (Lipinski definition) is 0. The van der Waals surface area contributed by atoms with Gasteiger partial charge in [-0.05, 0) is 43.5 Å². The van der Waals surface area contributed by atoms with Crippen molar-refractivity contribution in [2.24, 2.45) is 0 Å². The van der Waals surface area contributed by atoms with E-state index in [2.05, 4.69) is 32.0 Å². The van der Waals surface area contributed by atoms with E-state index in [4.69, 9.17) is 23.2 Å². The Kier molecular flexibility index (Phi) is 6.24. The van der Waals surface area contributed by atoms with Gasteiger partial charge in [-0.25, -0.2) is 0 Å². The summed E-state index contributed by atoms with van der Waals surface area (Å²) in [5, 5.41) is 0.856. The lowest BCUT2D eigenvalue weighted by Gasteiger charge is -1.98. The van der Waals surface area contributed by atoms with Crippen molar-refractivity contribution in [2.75, 3.05) is 0 Å². The molecule has 0 aliphatic heterocycles. The minimum atomic E-state index is 0.613. The smallest absolute Gasteiger partial charge is 0.0474 e. The van der Waals surface area contributed by atoms with E-state index in [0.29, 0.717) is 5.88 Å². The molecule has 0 bridgehead atoms. The Hall–Kier alpha value is -0.980. The van der Waals surface area contributed by atoms with Crippen LogP contribution < -0.4 is 0 Å². The van der Waals surface area contributed by atoms with Crippen LogP contribution in [-0.2, 0) is 5.88 Å². The van der Waals surface area contributed by atoms with Crippen LogP contribution >= 0.6 is 23.2 Å². The van der Waals surface area contributed by atoms with Gasteiger partial charge in [0.1, 0.15) is 0 Å². The zero-order chi connectivity index (χ0) is 13.5. The lowest BCUT2D eigenvalue weighted by molar-refractivity contribution is 1.34. The van der Waals surface area contributed by atoms with E-state index in [1.54, 1.807) is 0 Å². The quantitative estimate of drug-likeness (QED) is 0.589. The monoisotopic (exact) mass is 280 g/mol. The van der Waals surface area contributed by atoms with Crippen molar-refractivity contribution in [1.29, 1.82) is 0 Å². The molecule has 2 rings (SSSR count). The summed E-state index contributed by atoms with van der Waals surface area (Å²) in [5.74, 6) is 0.613. The van der Waals surface area contributed by atoms with Gasteiger partial charge in [0.05, 0.1) is 0 Å². The highest BCUT2D eigenvalue weighted by Crippen LogP contribution is 2.16. The maximum absolute atomic E-state index is 5.81. The van der Waals surface area contributed by atoms with Crippen LogP contribution in [0.1, 0.15) is 22.3 Å². The lowest BCUT2D eigenvalue weighted by atomic mass is 10.1. The largest absolute Gasteiger partial charge is 0.122 e. The summed E-state index contributed by atoms with van der Waals surface area (Å²) in [7, 11) is 0. The number of benzene rings is 2. The summed E-state index contributed by atoms with van der Waals surface area (Å²) in [4.78, 5) is 0. The van der Waals surface area contributed by atoms with Gasteiger partial charge in [-0.3, -0.25) is 0 Å². The molecule has 0 aromatic heterocycles. The Labute approximate surface area is 120 Å². The second kappa shape index (κ2) is 7.45. The summed E-state index contributed by atoms with van der Waals surface area (Å²) in [5.41, 5.74) is 4.89. The summed E-state index contributed by atoms with van der Waals surface area (Å²) in [6, 6.07) is 14.1. The minimum Gasteiger partial charge on any atom is -0.122 e. The zero-order valence-electron chi connectivity index (χ0n) is 11.0. The van der Waals surface area contributed by atoms with Crippen LogP contribution in [0.15, 0.2) is 42.5 Å². The molecule has 0 nitrogen and oxygen atoms in total. The third-order valence-electron chi connectivity index (χ3n) is 2.78. The molecule has 0 spiro atoms. The van der Waals surface area contributed by atoms with E-state index >= 15 is 0 Å². The molecule has 0 saturated carbocycles. The normalized spacial score (nSPS) is 9.61. The molecule has 0 aliphatic rings. The van der Waals surface area contributed by atoms with E-state index in [1.165, 1.54) is 22.3 Å². The number of alkyl halides is 1. The Morgan fingerprint density at radius 3 is 2.06 bits per heavy atom. The predicted molar refractivity (Wildman–Crippen MR) is 81.7 cm³/mol. The van der Waals surface area contributed by atoms with Gasteiger partial charge in [0.2, 0.25) is 0 Å². The SMILES string of the molecule is Cc1cccc(CCl)c1.Cc1cccc(Cl)c1C. The second-order valence-corrected chi connectivity index (χ2v) is 4.98. The first-order valence-corrected chi connectivity index (χ1v) is 6.79. The second-order valence-electron chi connectivity index (χ2n) is 4.30. The van der Waals surface area contributed by atoms with Gasteiger partial charge in [-0.1, -0.05) is 53.6 Å². The third-order valence-corrected chi connectivity index (χ3v) is 3.49. The summed E-state index contributed by atoms with van der Waals surface area (Å²) in [6.07, 6.45) is 0. The van der Waals surface area contributed by atoms with E-state index in [-0.39, 0.29) is 0 Å². The van der Waals surface area contributed by atoms with Crippen LogP contribution in [0.2, 0.25) is 5.02 Å². The molecular formula is C16H18Cl2. The average Bonchev–Trinajstić information content (AvgIpc) is 2.36. The fourth-order valence-corrected chi connectivity index (χ4v) is 1.90. The molecule has 2 heteroatoms. The van der Waals surface area contributed by atoms with Crippen molar-refractivity contribution < 1.29 is 0 Å². The van der Waals surface area contributed by atoms with Crippen molar-refractivity contribution in [1.82, 2.24) is 0 Å². The molecule has 18 heavy (non-hydrogen) atoms. The molecule has 0 fully saturated rings. The molecule has 0 radical (unpaired) electrons. The van der Waals surface area contributed by atoms with Crippen LogP contribution in [0.5, 0.6) is 0 Å². The fourth-order valence-electron chi connectivity index (χ4n) is 1.51. The Balaban J connectivity index is 0.000000180. The number of hydrogen-bond acceptors (Lipinski definition) is 0. The molecule has 0 saturated heterocycles. The van der Waals surface area contributed by atoms with Gasteiger partial charge >= 0.3 is 0 Å². The van der Waals surface area contributed by atoms with Crippen molar-refractivity contribution in [2.45, 2.75) is 26.7 Å². The van der Waals surface area contributed by atoms with Crippen LogP contribution in [0.25, 0.3) is 0 Å². The van der Waals surface area contributed by atoms with E-state index in [9.17, 15) is 0 Å². The van der Waals surface area contributed by atoms with Gasteiger partial charge in [0.25, 0.3) is 0 Å². The van der Waals surface area contributed by atoms with E-state index in [0.717, 1.165) is 5.02 Å². The highest BCUT2D eigenvalue weighted by atomic mass is 35.5. The van der Waals surface area contributed by atoms with E-state index < -0.39 is 0 Å². The summed E-state index contributed by atoms with van der Waals surface area (Å²) < 4.78 is 0. The van der Waals surface area contributed by atoms with Crippen molar-refractivity contribution in [3.63, 3.8) is 0 Å². The molecule has 0 heterocycles. The molecule has 0 N–H and O–H groups in total. The predicted octanol–water partition coefficient (Wildman–Crippen LogP) is 5.69.